The number of carbonyl (C=O) groups is 1. The zero-order chi connectivity index (χ0) is 12.3. The number of hydrogen-bond acceptors (Lipinski definition) is 4. The summed E-state index contributed by atoms with van der Waals surface area (Å²) in [6.07, 6.45) is 3.99. The lowest BCUT2D eigenvalue weighted by molar-refractivity contribution is -0.139. The van der Waals surface area contributed by atoms with Crippen LogP contribution >= 0.6 is 0 Å². The van der Waals surface area contributed by atoms with Gasteiger partial charge in [-0.15, -0.1) is 0 Å². The van der Waals surface area contributed by atoms with Gasteiger partial charge in [0, 0.05) is 0 Å². The summed E-state index contributed by atoms with van der Waals surface area (Å²) in [6, 6.07) is 3.38. The Bertz CT molecular complexity index is 522. The zero-order valence-electron chi connectivity index (χ0n) is 9.13. The lowest BCUT2D eigenvalue weighted by Crippen LogP contribution is -2.06. The number of carbonyl (C=O) groups excluding carboxylic acids is 1. The fourth-order valence-corrected chi connectivity index (χ4v) is 1.32. The number of rotatable bonds is 3. The highest BCUT2D eigenvalue weighted by atomic mass is 19.1. The van der Waals surface area contributed by atoms with Crippen molar-refractivity contribution in [2.24, 2.45) is 0 Å². The van der Waals surface area contributed by atoms with Crippen LogP contribution in [-0.4, -0.2) is 27.8 Å². The molecule has 88 valence electrons. The molecule has 0 N–H and O–H groups in total. The third-order valence-corrected chi connectivity index (χ3v) is 2.18. The summed E-state index contributed by atoms with van der Waals surface area (Å²) in [6.45, 7) is 0. The summed E-state index contributed by atoms with van der Waals surface area (Å²) in [4.78, 5) is 15.1. The maximum absolute atomic E-state index is 12.7. The largest absolute Gasteiger partial charge is 0.469 e. The maximum Gasteiger partial charge on any atom is 0.311 e. The van der Waals surface area contributed by atoms with Crippen LogP contribution in [0.2, 0.25) is 0 Å². The average Bonchev–Trinajstić information content (AvgIpc) is 2.77. The molecule has 17 heavy (non-hydrogen) atoms. The highest BCUT2D eigenvalue weighted by Gasteiger charge is 2.05. The third kappa shape index (κ3) is 2.66. The number of nitrogens with zero attached hydrogens (tertiary/aromatic N) is 3. The molecule has 6 heteroatoms. The predicted molar refractivity (Wildman–Crippen MR) is 57.0 cm³/mol. The van der Waals surface area contributed by atoms with E-state index in [1.807, 2.05) is 0 Å². The number of hydrogen-bond donors (Lipinski definition) is 0. The average molecular weight is 235 g/mol. The molecule has 0 aliphatic heterocycles. The van der Waals surface area contributed by atoms with E-state index in [0.717, 1.165) is 6.20 Å². The molecule has 0 saturated carbocycles. The number of pyridine rings is 1. The molecule has 0 bridgehead atoms. The third-order valence-electron chi connectivity index (χ3n) is 2.18. The summed E-state index contributed by atoms with van der Waals surface area (Å²) in [5.74, 6) is -0.765. The molecule has 0 saturated heterocycles. The quantitative estimate of drug-likeness (QED) is 0.748. The Morgan fingerprint density at radius 2 is 2.29 bits per heavy atom. The Balaban J connectivity index is 2.15. The highest BCUT2D eigenvalue weighted by molar-refractivity contribution is 5.71. The van der Waals surface area contributed by atoms with E-state index in [9.17, 15) is 9.18 Å². The van der Waals surface area contributed by atoms with Crippen molar-refractivity contribution in [1.29, 1.82) is 0 Å². The molecule has 0 unspecified atom stereocenters. The van der Waals surface area contributed by atoms with Gasteiger partial charge in [-0.05, 0) is 12.1 Å². The van der Waals surface area contributed by atoms with E-state index in [4.69, 9.17) is 0 Å². The zero-order valence-corrected chi connectivity index (χ0v) is 9.13. The molecule has 0 fully saturated rings. The molecule has 2 aromatic heterocycles. The first-order valence-corrected chi connectivity index (χ1v) is 4.91. The minimum Gasteiger partial charge on any atom is -0.469 e. The van der Waals surface area contributed by atoms with Gasteiger partial charge in [0.25, 0.3) is 0 Å². The van der Waals surface area contributed by atoms with Crippen LogP contribution in [0.4, 0.5) is 4.39 Å². The number of halogens is 1. The van der Waals surface area contributed by atoms with E-state index in [0.29, 0.717) is 11.4 Å². The van der Waals surface area contributed by atoms with Crippen molar-refractivity contribution in [3.63, 3.8) is 0 Å². The standard InChI is InChI=1S/C11H10FN3O2/c1-17-11(16)4-9-2-3-10(6-13-9)15-7-8(12)5-14-15/h2-3,5-7H,4H2,1H3. The van der Waals surface area contributed by atoms with Gasteiger partial charge >= 0.3 is 5.97 Å². The number of ether oxygens (including phenoxy) is 1. The van der Waals surface area contributed by atoms with Crippen LogP contribution in [0.15, 0.2) is 30.7 Å². The SMILES string of the molecule is COC(=O)Cc1ccc(-n2cc(F)cn2)cn1. The van der Waals surface area contributed by atoms with Crippen molar-refractivity contribution in [3.8, 4) is 5.69 Å². The van der Waals surface area contributed by atoms with Gasteiger partial charge in [0.1, 0.15) is 0 Å². The first-order chi connectivity index (χ1) is 8.19. The molecule has 0 spiro atoms. The van der Waals surface area contributed by atoms with Crippen molar-refractivity contribution in [1.82, 2.24) is 14.8 Å². The summed E-state index contributed by atoms with van der Waals surface area (Å²) in [5, 5.41) is 3.80. The molecule has 0 radical (unpaired) electrons. The van der Waals surface area contributed by atoms with Crippen LogP contribution in [-0.2, 0) is 16.0 Å². The Morgan fingerprint density at radius 1 is 1.47 bits per heavy atom. The molecular formula is C11H10FN3O2. The normalized spacial score (nSPS) is 10.2. The van der Waals surface area contributed by atoms with Gasteiger partial charge < -0.3 is 4.74 Å². The van der Waals surface area contributed by atoms with Crippen LogP contribution in [0.25, 0.3) is 5.69 Å². The van der Waals surface area contributed by atoms with E-state index >= 15 is 0 Å². The predicted octanol–water partition coefficient (Wildman–Crippen LogP) is 1.12. The summed E-state index contributed by atoms with van der Waals surface area (Å²) in [5.41, 5.74) is 1.22. The topological polar surface area (TPSA) is 57.0 Å². The lowest BCUT2D eigenvalue weighted by Gasteiger charge is -2.02. The van der Waals surface area contributed by atoms with Crippen LogP contribution in [0.1, 0.15) is 5.69 Å². The van der Waals surface area contributed by atoms with E-state index in [1.54, 1.807) is 12.1 Å². The van der Waals surface area contributed by atoms with Gasteiger partial charge in [-0.25, -0.2) is 9.07 Å². The highest BCUT2D eigenvalue weighted by Crippen LogP contribution is 2.07. The second-order valence-electron chi connectivity index (χ2n) is 3.36. The molecule has 0 aliphatic rings. The van der Waals surface area contributed by atoms with Crippen molar-refractivity contribution < 1.29 is 13.9 Å². The van der Waals surface area contributed by atoms with Gasteiger partial charge in [-0.2, -0.15) is 5.10 Å². The molecule has 0 aliphatic carbocycles. The fourth-order valence-electron chi connectivity index (χ4n) is 1.32. The summed E-state index contributed by atoms with van der Waals surface area (Å²) < 4.78 is 18.6. The molecule has 0 atom stereocenters. The second kappa shape index (κ2) is 4.73. The van der Waals surface area contributed by atoms with E-state index in [1.165, 1.54) is 24.2 Å². The summed E-state index contributed by atoms with van der Waals surface area (Å²) >= 11 is 0. The van der Waals surface area contributed by atoms with E-state index in [2.05, 4.69) is 14.8 Å². The maximum atomic E-state index is 12.7. The monoisotopic (exact) mass is 235 g/mol. The molecule has 2 heterocycles. The Labute approximate surface area is 96.9 Å². The molecule has 2 rings (SSSR count). The molecule has 0 aromatic carbocycles. The smallest absolute Gasteiger partial charge is 0.311 e. The second-order valence-corrected chi connectivity index (χ2v) is 3.36. The Kier molecular flexibility index (Phi) is 3.13. The van der Waals surface area contributed by atoms with Crippen molar-refractivity contribution in [2.45, 2.75) is 6.42 Å². The number of esters is 1. The minimum absolute atomic E-state index is 0.115. The Morgan fingerprint density at radius 3 is 2.82 bits per heavy atom. The van der Waals surface area contributed by atoms with Crippen LogP contribution in [0.5, 0.6) is 0 Å². The summed E-state index contributed by atoms with van der Waals surface area (Å²) in [7, 11) is 1.32. The van der Waals surface area contributed by atoms with Crippen LogP contribution in [0.3, 0.4) is 0 Å². The van der Waals surface area contributed by atoms with Crippen molar-refractivity contribution in [3.05, 3.63) is 42.2 Å². The van der Waals surface area contributed by atoms with Gasteiger partial charge in [-0.1, -0.05) is 0 Å². The Hall–Kier alpha value is -2.24. The fraction of sp³-hybridized carbons (Fsp3) is 0.182. The number of aromatic nitrogens is 3. The minimum atomic E-state index is -0.413. The van der Waals surface area contributed by atoms with Crippen LogP contribution in [0, 0.1) is 5.82 Å². The molecule has 0 amide bonds. The van der Waals surface area contributed by atoms with E-state index in [-0.39, 0.29) is 12.4 Å². The van der Waals surface area contributed by atoms with E-state index < -0.39 is 5.82 Å². The van der Waals surface area contributed by atoms with Crippen LogP contribution < -0.4 is 0 Å². The molecule has 5 nitrogen and oxygen atoms in total. The molecule has 2 aromatic rings. The van der Waals surface area contributed by atoms with Crippen molar-refractivity contribution >= 4 is 5.97 Å². The lowest BCUT2D eigenvalue weighted by atomic mass is 10.2. The van der Waals surface area contributed by atoms with Gasteiger partial charge in [0.2, 0.25) is 0 Å². The number of methoxy groups -OCH3 is 1. The van der Waals surface area contributed by atoms with Gasteiger partial charge in [0.05, 0.1) is 43.5 Å². The first kappa shape index (κ1) is 11.3. The van der Waals surface area contributed by atoms with Gasteiger partial charge in [0.15, 0.2) is 5.82 Å². The molecular weight excluding hydrogens is 225 g/mol. The first-order valence-electron chi connectivity index (χ1n) is 4.91. The van der Waals surface area contributed by atoms with Crippen molar-refractivity contribution in [2.75, 3.05) is 7.11 Å². The van der Waals surface area contributed by atoms with Gasteiger partial charge in [-0.3, -0.25) is 9.78 Å².